The fraction of sp³-hybridized carbons (Fsp3) is 0.136. The van der Waals surface area contributed by atoms with Gasteiger partial charge in [0, 0.05) is 5.02 Å². The third-order valence-electron chi connectivity index (χ3n) is 4.13. The molecule has 0 atom stereocenters. The van der Waals surface area contributed by atoms with Crippen molar-refractivity contribution in [2.75, 3.05) is 0 Å². The van der Waals surface area contributed by atoms with Crippen molar-refractivity contribution in [3.8, 4) is 0 Å². The first kappa shape index (κ1) is 18.0. The summed E-state index contributed by atoms with van der Waals surface area (Å²) >= 11 is 5.95. The van der Waals surface area contributed by atoms with Crippen molar-refractivity contribution in [2.45, 2.75) is 19.8 Å². The Labute approximate surface area is 158 Å². The van der Waals surface area contributed by atoms with Crippen LogP contribution in [0.1, 0.15) is 24.5 Å². The largest absolute Gasteiger partial charge is 0.298 e. The van der Waals surface area contributed by atoms with E-state index in [4.69, 9.17) is 11.6 Å². The third kappa shape index (κ3) is 4.44. The second kappa shape index (κ2) is 8.54. The maximum Gasteiger partial charge on any atom is 0.242 e. The first-order valence-corrected chi connectivity index (χ1v) is 9.02. The summed E-state index contributed by atoms with van der Waals surface area (Å²) in [5, 5.41) is 2.93. The molecule has 4 heteroatoms. The highest BCUT2D eigenvalue weighted by Crippen LogP contribution is 2.19. The molecule has 0 heterocycles. The Morgan fingerprint density at radius 1 is 0.962 bits per heavy atom. The van der Waals surface area contributed by atoms with Gasteiger partial charge in [-0.1, -0.05) is 79.2 Å². The molecule has 0 radical (unpaired) electrons. The molecule has 0 bridgehead atoms. The van der Waals surface area contributed by atoms with Gasteiger partial charge in [0.1, 0.15) is 0 Å². The molecule has 3 aromatic rings. The molecule has 0 saturated carbocycles. The van der Waals surface area contributed by atoms with Gasteiger partial charge in [-0.3, -0.25) is 15.6 Å². The second-order valence-corrected chi connectivity index (χ2v) is 6.46. The van der Waals surface area contributed by atoms with Crippen LogP contribution in [0.5, 0.6) is 0 Å². The number of carbonyl (C=O) groups is 1. The molecule has 0 fully saturated rings. The first-order chi connectivity index (χ1) is 12.7. The van der Waals surface area contributed by atoms with E-state index in [1.807, 2.05) is 60.7 Å². The van der Waals surface area contributed by atoms with E-state index in [1.54, 1.807) is 0 Å². The van der Waals surface area contributed by atoms with Gasteiger partial charge in [0.25, 0.3) is 0 Å². The van der Waals surface area contributed by atoms with Gasteiger partial charge < -0.3 is 0 Å². The van der Waals surface area contributed by atoms with Gasteiger partial charge in [-0.05, 0) is 40.5 Å². The van der Waals surface area contributed by atoms with Crippen LogP contribution in [0.2, 0.25) is 5.02 Å². The lowest BCUT2D eigenvalue weighted by atomic mass is 10.0. The topological polar surface area (TPSA) is 41.1 Å². The molecule has 0 aliphatic heterocycles. The van der Waals surface area contributed by atoms with Gasteiger partial charge in [-0.25, -0.2) is 0 Å². The minimum Gasteiger partial charge on any atom is -0.298 e. The Bertz CT molecular complexity index is 927. The molecule has 3 rings (SSSR count). The smallest absolute Gasteiger partial charge is 0.242 e. The lowest BCUT2D eigenvalue weighted by molar-refractivity contribution is -0.121. The lowest BCUT2D eigenvalue weighted by Crippen LogP contribution is -2.37. The highest BCUT2D eigenvalue weighted by atomic mass is 35.5. The van der Waals surface area contributed by atoms with Crippen LogP contribution < -0.4 is 10.9 Å². The molecule has 0 aromatic heterocycles. The lowest BCUT2D eigenvalue weighted by Gasteiger charge is -2.13. The molecular formula is C22H21ClN2O. The maximum atomic E-state index is 12.4. The average molecular weight is 365 g/mol. The maximum absolute atomic E-state index is 12.4. The number of amides is 1. The molecule has 0 spiro atoms. The van der Waals surface area contributed by atoms with Crippen LogP contribution in [0.15, 0.2) is 72.8 Å². The Morgan fingerprint density at radius 3 is 2.46 bits per heavy atom. The van der Waals surface area contributed by atoms with Crippen molar-refractivity contribution in [1.82, 2.24) is 10.9 Å². The third-order valence-corrected chi connectivity index (χ3v) is 4.38. The van der Waals surface area contributed by atoms with Crippen LogP contribution in [0, 0.1) is 0 Å². The summed E-state index contributed by atoms with van der Waals surface area (Å²) in [7, 11) is 0. The van der Waals surface area contributed by atoms with Gasteiger partial charge in [0.2, 0.25) is 5.91 Å². The predicted octanol–water partition coefficient (Wildman–Crippen LogP) is 5.11. The van der Waals surface area contributed by atoms with Gasteiger partial charge in [0.05, 0.1) is 12.1 Å². The van der Waals surface area contributed by atoms with E-state index in [0.29, 0.717) is 11.4 Å². The minimum atomic E-state index is -0.0858. The Hall–Kier alpha value is -2.78. The number of rotatable bonds is 6. The quantitative estimate of drug-likeness (QED) is 0.597. The number of fused-ring (bicyclic) bond motifs is 1. The average Bonchev–Trinajstić information content (AvgIpc) is 2.66. The molecule has 0 aliphatic rings. The van der Waals surface area contributed by atoms with Crippen LogP contribution in [-0.4, -0.2) is 5.91 Å². The van der Waals surface area contributed by atoms with Crippen LogP contribution in [0.25, 0.3) is 16.5 Å². The van der Waals surface area contributed by atoms with E-state index in [9.17, 15) is 4.79 Å². The molecule has 26 heavy (non-hydrogen) atoms. The Balaban J connectivity index is 1.69. The molecule has 2 N–H and O–H groups in total. The number of hydrogen-bond acceptors (Lipinski definition) is 2. The van der Waals surface area contributed by atoms with E-state index in [0.717, 1.165) is 34.0 Å². The molecule has 0 saturated heterocycles. The summed E-state index contributed by atoms with van der Waals surface area (Å²) in [6.07, 6.45) is 3.19. The van der Waals surface area contributed by atoms with Crippen molar-refractivity contribution in [3.05, 3.63) is 89.0 Å². The highest BCUT2D eigenvalue weighted by Gasteiger charge is 2.08. The highest BCUT2D eigenvalue weighted by molar-refractivity contribution is 6.30. The van der Waals surface area contributed by atoms with Crippen molar-refractivity contribution in [1.29, 1.82) is 0 Å². The molecule has 132 valence electrons. The standard InChI is InChI=1S/C22H21ClN2O/c1-2-6-21(17-11-13-19(23)14-12-17)24-25-22(26)15-18-9-5-8-16-7-3-4-10-20(16)18/h3-14,24H,2,15H2,1H3,(H,25,26). The number of halogens is 1. The molecular weight excluding hydrogens is 344 g/mol. The summed E-state index contributed by atoms with van der Waals surface area (Å²) in [6.45, 7) is 2.05. The molecule has 3 nitrogen and oxygen atoms in total. The van der Waals surface area contributed by atoms with Gasteiger partial charge in [0.15, 0.2) is 0 Å². The van der Waals surface area contributed by atoms with E-state index in [1.165, 1.54) is 0 Å². The molecule has 0 aliphatic carbocycles. The predicted molar refractivity (Wildman–Crippen MR) is 109 cm³/mol. The number of hydrazine groups is 1. The van der Waals surface area contributed by atoms with Gasteiger partial charge in [-0.15, -0.1) is 0 Å². The second-order valence-electron chi connectivity index (χ2n) is 6.02. The number of allylic oxidation sites excluding steroid dienone is 1. The minimum absolute atomic E-state index is 0.0858. The summed E-state index contributed by atoms with van der Waals surface area (Å²) in [4.78, 5) is 12.4. The SMILES string of the molecule is CCC=C(NNC(=O)Cc1cccc2ccccc12)c1ccc(Cl)cc1. The molecule has 3 aromatic carbocycles. The number of carbonyl (C=O) groups excluding carboxylic acids is 1. The van der Waals surface area contributed by atoms with Crippen molar-refractivity contribution >= 4 is 34.0 Å². The van der Waals surface area contributed by atoms with Crippen LogP contribution in [-0.2, 0) is 11.2 Å². The van der Waals surface area contributed by atoms with Crippen molar-refractivity contribution in [3.63, 3.8) is 0 Å². The molecule has 0 unspecified atom stereocenters. The van der Waals surface area contributed by atoms with E-state index in [-0.39, 0.29) is 5.91 Å². The monoisotopic (exact) mass is 364 g/mol. The fourth-order valence-corrected chi connectivity index (χ4v) is 3.00. The Kier molecular flexibility index (Phi) is 5.92. The number of hydrogen-bond donors (Lipinski definition) is 2. The fourth-order valence-electron chi connectivity index (χ4n) is 2.88. The van der Waals surface area contributed by atoms with E-state index >= 15 is 0 Å². The zero-order valence-corrected chi connectivity index (χ0v) is 15.4. The zero-order chi connectivity index (χ0) is 18.4. The van der Waals surface area contributed by atoms with Crippen LogP contribution >= 0.6 is 11.6 Å². The summed E-state index contributed by atoms with van der Waals surface area (Å²) in [5.41, 5.74) is 8.69. The van der Waals surface area contributed by atoms with Gasteiger partial charge >= 0.3 is 0 Å². The van der Waals surface area contributed by atoms with Crippen LogP contribution in [0.3, 0.4) is 0 Å². The van der Waals surface area contributed by atoms with E-state index < -0.39 is 0 Å². The van der Waals surface area contributed by atoms with Crippen LogP contribution in [0.4, 0.5) is 0 Å². The normalized spacial score (nSPS) is 11.4. The van der Waals surface area contributed by atoms with E-state index in [2.05, 4.69) is 29.9 Å². The zero-order valence-electron chi connectivity index (χ0n) is 14.6. The van der Waals surface area contributed by atoms with Gasteiger partial charge in [-0.2, -0.15) is 0 Å². The van der Waals surface area contributed by atoms with Crippen molar-refractivity contribution < 1.29 is 4.79 Å². The van der Waals surface area contributed by atoms with Crippen molar-refractivity contribution in [2.24, 2.45) is 0 Å². The molecule has 1 amide bonds. The summed E-state index contributed by atoms with van der Waals surface area (Å²) in [6, 6.07) is 21.6. The number of nitrogens with one attached hydrogen (secondary N) is 2. The Morgan fingerprint density at radius 2 is 1.69 bits per heavy atom. The first-order valence-electron chi connectivity index (χ1n) is 8.65. The number of benzene rings is 3. The summed E-state index contributed by atoms with van der Waals surface area (Å²) < 4.78 is 0. The summed E-state index contributed by atoms with van der Waals surface area (Å²) in [5.74, 6) is -0.0858.